The van der Waals surface area contributed by atoms with Gasteiger partial charge in [-0.3, -0.25) is 9.69 Å². The van der Waals surface area contributed by atoms with Crippen molar-refractivity contribution in [3.63, 3.8) is 0 Å². The Hall–Kier alpha value is -0.450. The van der Waals surface area contributed by atoms with Gasteiger partial charge in [0, 0.05) is 26.1 Å². The Bertz CT molecular complexity index is 161. The van der Waals surface area contributed by atoms with Gasteiger partial charge in [0.05, 0.1) is 12.6 Å². The third kappa shape index (κ3) is 2.27. The summed E-state index contributed by atoms with van der Waals surface area (Å²) < 4.78 is 0. The smallest absolute Gasteiger partial charge is 0.152 e. The lowest BCUT2D eigenvalue weighted by atomic mass is 10.1. The molecule has 70 valence electrons. The molecule has 1 heterocycles. The van der Waals surface area contributed by atoms with Crippen LogP contribution in [0.1, 0.15) is 6.42 Å². The highest BCUT2D eigenvalue weighted by atomic mass is 16.3. The van der Waals surface area contributed by atoms with Crippen LogP contribution in [-0.2, 0) is 4.79 Å². The zero-order chi connectivity index (χ0) is 8.97. The number of Topliss-reactive ketones (excluding diaryl/α,β-unsaturated/α-hetero) is 1. The van der Waals surface area contributed by atoms with E-state index in [0.717, 1.165) is 13.1 Å². The number of aliphatic hydroxyl groups is 1. The minimum atomic E-state index is -0.0362. The fourth-order valence-electron chi connectivity index (χ4n) is 1.45. The molecule has 0 amide bonds. The van der Waals surface area contributed by atoms with Gasteiger partial charge < -0.3 is 10.4 Å². The van der Waals surface area contributed by atoms with E-state index in [9.17, 15) is 4.79 Å². The molecule has 12 heavy (non-hydrogen) atoms. The highest BCUT2D eigenvalue weighted by Gasteiger charge is 2.24. The number of nitrogens with one attached hydrogen (secondary N) is 1. The number of hydrogen-bond acceptors (Lipinski definition) is 4. The van der Waals surface area contributed by atoms with Crippen molar-refractivity contribution in [2.75, 3.05) is 33.3 Å². The van der Waals surface area contributed by atoms with Gasteiger partial charge in [0.25, 0.3) is 0 Å². The van der Waals surface area contributed by atoms with Gasteiger partial charge >= 0.3 is 0 Å². The van der Waals surface area contributed by atoms with Crippen molar-refractivity contribution in [1.29, 1.82) is 0 Å². The third-order valence-corrected chi connectivity index (χ3v) is 2.24. The number of piperidine rings is 1. The number of nitrogens with zero attached hydrogens (tertiary/aromatic N) is 1. The summed E-state index contributed by atoms with van der Waals surface area (Å²) in [6.07, 6.45) is 0.612. The zero-order valence-electron chi connectivity index (χ0n) is 7.42. The van der Waals surface area contributed by atoms with Gasteiger partial charge in [-0.1, -0.05) is 0 Å². The molecular weight excluding hydrogens is 156 g/mol. The normalized spacial score (nSPS) is 24.9. The van der Waals surface area contributed by atoms with Crippen LogP contribution >= 0.6 is 0 Å². The fraction of sp³-hybridized carbons (Fsp3) is 0.875. The van der Waals surface area contributed by atoms with Crippen LogP contribution in [0.25, 0.3) is 0 Å². The number of aliphatic hydroxyl groups excluding tert-OH is 1. The second-order valence-corrected chi connectivity index (χ2v) is 3.14. The lowest BCUT2D eigenvalue weighted by molar-refractivity contribution is -0.125. The number of rotatable bonds is 3. The summed E-state index contributed by atoms with van der Waals surface area (Å²) >= 11 is 0. The molecule has 1 rings (SSSR count). The van der Waals surface area contributed by atoms with Crippen molar-refractivity contribution in [1.82, 2.24) is 10.2 Å². The van der Waals surface area contributed by atoms with Crippen LogP contribution in [0.5, 0.6) is 0 Å². The van der Waals surface area contributed by atoms with E-state index in [4.69, 9.17) is 5.11 Å². The van der Waals surface area contributed by atoms with Gasteiger partial charge in [-0.05, 0) is 7.05 Å². The van der Waals surface area contributed by atoms with Crippen LogP contribution in [0.3, 0.4) is 0 Å². The van der Waals surface area contributed by atoms with Crippen molar-refractivity contribution in [3.05, 3.63) is 0 Å². The molecule has 0 aromatic carbocycles. The zero-order valence-corrected chi connectivity index (χ0v) is 7.42. The molecule has 1 aliphatic heterocycles. The molecule has 2 N–H and O–H groups in total. The maximum Gasteiger partial charge on any atom is 0.152 e. The highest BCUT2D eigenvalue weighted by Crippen LogP contribution is 2.03. The number of likely N-dealkylation sites (N-methyl/N-ethyl adjacent to an activating group) is 1. The third-order valence-electron chi connectivity index (χ3n) is 2.24. The van der Waals surface area contributed by atoms with Gasteiger partial charge in [0.1, 0.15) is 0 Å². The van der Waals surface area contributed by atoms with Crippen molar-refractivity contribution >= 4 is 5.78 Å². The summed E-state index contributed by atoms with van der Waals surface area (Å²) in [5, 5.41) is 11.8. The summed E-state index contributed by atoms with van der Waals surface area (Å²) in [5.41, 5.74) is 0. The maximum absolute atomic E-state index is 11.3. The van der Waals surface area contributed by atoms with E-state index in [2.05, 4.69) is 5.32 Å². The molecule has 0 bridgehead atoms. The molecule has 1 unspecified atom stereocenters. The van der Waals surface area contributed by atoms with Crippen molar-refractivity contribution < 1.29 is 9.90 Å². The van der Waals surface area contributed by atoms with E-state index in [1.54, 1.807) is 0 Å². The van der Waals surface area contributed by atoms with Crippen molar-refractivity contribution in [2.45, 2.75) is 12.5 Å². The van der Waals surface area contributed by atoms with Gasteiger partial charge in [0.2, 0.25) is 0 Å². The predicted octanol–water partition coefficient (Wildman–Crippen LogP) is -1.16. The number of carbonyl (C=O) groups is 1. The molecule has 1 saturated heterocycles. The predicted molar refractivity (Wildman–Crippen MR) is 46.0 cm³/mol. The van der Waals surface area contributed by atoms with Crippen molar-refractivity contribution in [2.24, 2.45) is 0 Å². The lowest BCUT2D eigenvalue weighted by Gasteiger charge is -2.29. The largest absolute Gasteiger partial charge is 0.395 e. The monoisotopic (exact) mass is 172 g/mol. The lowest BCUT2D eigenvalue weighted by Crippen LogP contribution is -2.50. The summed E-state index contributed by atoms with van der Waals surface area (Å²) in [6.45, 7) is 2.19. The second kappa shape index (κ2) is 4.54. The highest BCUT2D eigenvalue weighted by molar-refractivity contribution is 5.85. The summed E-state index contributed by atoms with van der Waals surface area (Å²) in [6, 6.07) is -0.0362. The topological polar surface area (TPSA) is 52.6 Å². The number of carbonyl (C=O) groups excluding carboxylic acids is 1. The molecule has 4 heteroatoms. The molecule has 0 spiro atoms. The average Bonchev–Trinajstić information content (AvgIpc) is 2.05. The van der Waals surface area contributed by atoms with E-state index in [0.29, 0.717) is 13.0 Å². The van der Waals surface area contributed by atoms with E-state index in [1.165, 1.54) is 0 Å². The molecular formula is C8H16N2O2. The molecule has 1 aliphatic rings. The van der Waals surface area contributed by atoms with Crippen LogP contribution < -0.4 is 5.32 Å². The van der Waals surface area contributed by atoms with Crippen LogP contribution in [0.15, 0.2) is 0 Å². The van der Waals surface area contributed by atoms with Crippen LogP contribution in [-0.4, -0.2) is 55.1 Å². The van der Waals surface area contributed by atoms with Crippen molar-refractivity contribution in [3.8, 4) is 0 Å². The van der Waals surface area contributed by atoms with E-state index < -0.39 is 0 Å². The molecule has 0 radical (unpaired) electrons. The first kappa shape index (κ1) is 9.64. The molecule has 0 aromatic rings. The first-order chi connectivity index (χ1) is 5.75. The minimum Gasteiger partial charge on any atom is -0.395 e. The Morgan fingerprint density at radius 1 is 1.75 bits per heavy atom. The second-order valence-electron chi connectivity index (χ2n) is 3.14. The SMILES string of the molecule is CN(CCO)C1CNCCC1=O. The van der Waals surface area contributed by atoms with Gasteiger partial charge in [-0.2, -0.15) is 0 Å². The number of hydrogen-bond donors (Lipinski definition) is 2. The first-order valence-electron chi connectivity index (χ1n) is 4.30. The molecule has 0 aliphatic carbocycles. The molecule has 0 aromatic heterocycles. The quantitative estimate of drug-likeness (QED) is 0.564. The van der Waals surface area contributed by atoms with E-state index in [-0.39, 0.29) is 18.4 Å². The molecule has 1 fully saturated rings. The van der Waals surface area contributed by atoms with Crippen LogP contribution in [0.4, 0.5) is 0 Å². The fourth-order valence-corrected chi connectivity index (χ4v) is 1.45. The summed E-state index contributed by atoms with van der Waals surface area (Å²) in [7, 11) is 1.87. The van der Waals surface area contributed by atoms with Gasteiger partial charge in [-0.25, -0.2) is 0 Å². The van der Waals surface area contributed by atoms with E-state index >= 15 is 0 Å². The minimum absolute atomic E-state index is 0.0362. The summed E-state index contributed by atoms with van der Waals surface area (Å²) in [4.78, 5) is 13.2. The molecule has 1 atom stereocenters. The maximum atomic E-state index is 11.3. The average molecular weight is 172 g/mol. The molecule has 0 saturated carbocycles. The summed E-state index contributed by atoms with van der Waals surface area (Å²) in [5.74, 6) is 0.282. The van der Waals surface area contributed by atoms with Gasteiger partial charge in [-0.15, -0.1) is 0 Å². The van der Waals surface area contributed by atoms with Crippen LogP contribution in [0, 0.1) is 0 Å². The Balaban J connectivity index is 2.42. The Morgan fingerprint density at radius 3 is 3.08 bits per heavy atom. The van der Waals surface area contributed by atoms with Crippen LogP contribution in [0.2, 0.25) is 0 Å². The van der Waals surface area contributed by atoms with Gasteiger partial charge in [0.15, 0.2) is 5.78 Å². The number of ketones is 1. The molecule has 4 nitrogen and oxygen atoms in total. The Labute approximate surface area is 72.6 Å². The standard InChI is InChI=1S/C8H16N2O2/c1-10(4-5-11)7-6-9-3-2-8(7)12/h7,9,11H,2-6H2,1H3. The van der Waals surface area contributed by atoms with E-state index in [1.807, 2.05) is 11.9 Å². The Morgan fingerprint density at radius 2 is 2.50 bits per heavy atom. The Kier molecular flexibility index (Phi) is 3.65. The first-order valence-corrected chi connectivity index (χ1v) is 4.30.